The highest BCUT2D eigenvalue weighted by atomic mass is 14.6. The monoisotopic (exact) mass is 362 g/mol. The molecule has 0 heterocycles. The molecular weight excluding hydrogens is 312 g/mol. The molecule has 5 unspecified atom stereocenters. The first kappa shape index (κ1) is 23.8. The van der Waals surface area contributed by atoms with Crippen LogP contribution in [0.4, 0.5) is 0 Å². The molecule has 0 aliphatic heterocycles. The Hall–Kier alpha value is -0.260. The summed E-state index contributed by atoms with van der Waals surface area (Å²) in [5.74, 6) is 3.87. The van der Waals surface area contributed by atoms with Gasteiger partial charge < -0.3 is 0 Å². The van der Waals surface area contributed by atoms with Gasteiger partial charge in [-0.05, 0) is 78.4 Å². The molecule has 26 heavy (non-hydrogen) atoms. The van der Waals surface area contributed by atoms with E-state index in [1.807, 2.05) is 0 Å². The molecule has 0 saturated heterocycles. The smallest absolute Gasteiger partial charge is 0.0183 e. The van der Waals surface area contributed by atoms with Crippen molar-refractivity contribution >= 4 is 0 Å². The maximum atomic E-state index is 2.59. The lowest BCUT2D eigenvalue weighted by Crippen LogP contribution is -2.43. The third kappa shape index (κ3) is 4.41. The molecule has 1 aliphatic rings. The Morgan fingerprint density at radius 3 is 2.00 bits per heavy atom. The zero-order chi connectivity index (χ0) is 20.5. The van der Waals surface area contributed by atoms with E-state index < -0.39 is 0 Å². The Balaban J connectivity index is 3.13. The molecule has 0 aromatic carbocycles. The van der Waals surface area contributed by atoms with Crippen molar-refractivity contribution in [2.75, 3.05) is 0 Å². The van der Waals surface area contributed by atoms with Crippen molar-refractivity contribution < 1.29 is 0 Å². The van der Waals surface area contributed by atoms with Gasteiger partial charge in [0.15, 0.2) is 0 Å². The van der Waals surface area contributed by atoms with Crippen LogP contribution in [0.25, 0.3) is 0 Å². The summed E-state index contributed by atoms with van der Waals surface area (Å²) in [5.41, 5.74) is 2.93. The standard InChI is InChI=1S/C26H50/c1-13-21(23(14-2)18(3)4)16-25(11)17-22(15-20(25)7)26(12,19(5)6)24(8,9)10/h13,18-20,22-23H,14-17H2,1-12H3. The predicted octanol–water partition coefficient (Wildman–Crippen LogP) is 8.77. The Bertz CT molecular complexity index is 475. The van der Waals surface area contributed by atoms with Crippen LogP contribution in [0.3, 0.4) is 0 Å². The second kappa shape index (κ2) is 8.40. The van der Waals surface area contributed by atoms with Gasteiger partial charge in [0.25, 0.3) is 0 Å². The van der Waals surface area contributed by atoms with Gasteiger partial charge in [0, 0.05) is 0 Å². The molecule has 154 valence electrons. The zero-order valence-electron chi connectivity index (χ0n) is 20.3. The highest BCUT2D eigenvalue weighted by Gasteiger charge is 2.53. The van der Waals surface area contributed by atoms with E-state index in [-0.39, 0.29) is 0 Å². The number of rotatable bonds is 7. The average molecular weight is 363 g/mol. The van der Waals surface area contributed by atoms with Crippen molar-refractivity contribution in [3.63, 3.8) is 0 Å². The van der Waals surface area contributed by atoms with Crippen molar-refractivity contribution in [2.24, 2.45) is 45.8 Å². The largest absolute Gasteiger partial charge is 0.0881 e. The molecule has 0 aromatic rings. The van der Waals surface area contributed by atoms with Crippen LogP contribution in [0.15, 0.2) is 11.6 Å². The van der Waals surface area contributed by atoms with E-state index in [9.17, 15) is 0 Å². The third-order valence-electron chi connectivity index (χ3n) is 8.90. The van der Waals surface area contributed by atoms with Crippen molar-refractivity contribution in [3.8, 4) is 0 Å². The lowest BCUT2D eigenvalue weighted by molar-refractivity contribution is -0.0163. The third-order valence-corrected chi connectivity index (χ3v) is 8.90. The fraction of sp³-hybridized carbons (Fsp3) is 0.923. The summed E-state index contributed by atoms with van der Waals surface area (Å²) in [4.78, 5) is 0. The van der Waals surface area contributed by atoms with Gasteiger partial charge >= 0.3 is 0 Å². The first-order chi connectivity index (χ1) is 11.7. The molecule has 1 fully saturated rings. The van der Waals surface area contributed by atoms with Crippen LogP contribution in [-0.4, -0.2) is 0 Å². The van der Waals surface area contributed by atoms with E-state index in [0.29, 0.717) is 16.2 Å². The van der Waals surface area contributed by atoms with Crippen LogP contribution in [-0.2, 0) is 0 Å². The molecule has 1 saturated carbocycles. The molecule has 0 amide bonds. The summed E-state index contributed by atoms with van der Waals surface area (Å²) in [7, 11) is 0. The van der Waals surface area contributed by atoms with Crippen molar-refractivity contribution in [3.05, 3.63) is 11.6 Å². The van der Waals surface area contributed by atoms with Crippen molar-refractivity contribution in [1.29, 1.82) is 0 Å². The van der Waals surface area contributed by atoms with Gasteiger partial charge in [0.05, 0.1) is 0 Å². The molecule has 0 bridgehead atoms. The lowest BCUT2D eigenvalue weighted by Gasteiger charge is -2.50. The van der Waals surface area contributed by atoms with Gasteiger partial charge in [-0.1, -0.05) is 87.8 Å². The minimum Gasteiger partial charge on any atom is -0.0881 e. The second-order valence-electron chi connectivity index (χ2n) is 11.7. The fourth-order valence-electron chi connectivity index (χ4n) is 6.29. The van der Waals surface area contributed by atoms with Gasteiger partial charge in [0.2, 0.25) is 0 Å². The van der Waals surface area contributed by atoms with Gasteiger partial charge in [-0.15, -0.1) is 0 Å². The van der Waals surface area contributed by atoms with E-state index >= 15 is 0 Å². The van der Waals surface area contributed by atoms with Crippen LogP contribution in [0, 0.1) is 45.8 Å². The molecule has 0 nitrogen and oxygen atoms in total. The Kier molecular flexibility index (Phi) is 7.68. The first-order valence-electron chi connectivity index (χ1n) is 11.4. The van der Waals surface area contributed by atoms with Crippen LogP contribution < -0.4 is 0 Å². The maximum Gasteiger partial charge on any atom is -0.0183 e. The highest BCUT2D eigenvalue weighted by Crippen LogP contribution is 2.61. The summed E-state index contributed by atoms with van der Waals surface area (Å²) < 4.78 is 0. The molecular formula is C26H50. The molecule has 5 atom stereocenters. The van der Waals surface area contributed by atoms with Gasteiger partial charge in [-0.2, -0.15) is 0 Å². The first-order valence-corrected chi connectivity index (χ1v) is 11.4. The van der Waals surface area contributed by atoms with Crippen LogP contribution in [0.2, 0.25) is 0 Å². The summed E-state index contributed by atoms with van der Waals surface area (Å²) in [5, 5.41) is 0. The molecule has 0 spiro atoms. The Morgan fingerprint density at radius 2 is 1.65 bits per heavy atom. The molecule has 0 heteroatoms. The normalized spacial score (nSPS) is 31.5. The average Bonchev–Trinajstić information content (AvgIpc) is 2.80. The number of hydrogen-bond acceptors (Lipinski definition) is 0. The maximum absolute atomic E-state index is 2.59. The summed E-state index contributed by atoms with van der Waals surface area (Å²) in [6.07, 6.45) is 7.82. The fourth-order valence-corrected chi connectivity index (χ4v) is 6.29. The van der Waals surface area contributed by atoms with Crippen molar-refractivity contribution in [1.82, 2.24) is 0 Å². The van der Waals surface area contributed by atoms with E-state index in [1.165, 1.54) is 25.7 Å². The Labute approximate surface area is 166 Å². The van der Waals surface area contributed by atoms with Gasteiger partial charge in [-0.3, -0.25) is 0 Å². The predicted molar refractivity (Wildman–Crippen MR) is 119 cm³/mol. The minimum atomic E-state index is 0.351. The topological polar surface area (TPSA) is 0 Å². The second-order valence-corrected chi connectivity index (χ2v) is 11.7. The number of allylic oxidation sites excluding steroid dienone is 2. The molecule has 0 N–H and O–H groups in total. The van der Waals surface area contributed by atoms with E-state index in [0.717, 1.165) is 29.6 Å². The molecule has 1 rings (SSSR count). The van der Waals surface area contributed by atoms with Crippen LogP contribution in [0.1, 0.15) is 109 Å². The number of hydrogen-bond donors (Lipinski definition) is 0. The molecule has 1 aliphatic carbocycles. The van der Waals surface area contributed by atoms with Crippen LogP contribution in [0.5, 0.6) is 0 Å². The lowest BCUT2D eigenvalue weighted by atomic mass is 9.54. The SMILES string of the molecule is CC=C(CC1(C)CC(C(C)(C(C)C)C(C)(C)C)CC1C)C(CC)C(C)C. The van der Waals surface area contributed by atoms with E-state index in [1.54, 1.807) is 5.57 Å². The Morgan fingerprint density at radius 1 is 1.12 bits per heavy atom. The van der Waals surface area contributed by atoms with E-state index in [2.05, 4.69) is 89.2 Å². The molecule has 0 radical (unpaired) electrons. The quantitative estimate of drug-likeness (QED) is 0.397. The summed E-state index contributed by atoms with van der Waals surface area (Å²) in [6, 6.07) is 0. The summed E-state index contributed by atoms with van der Waals surface area (Å²) >= 11 is 0. The highest BCUT2D eigenvalue weighted by molar-refractivity contribution is 5.13. The zero-order valence-corrected chi connectivity index (χ0v) is 20.3. The van der Waals surface area contributed by atoms with Crippen molar-refractivity contribution in [2.45, 2.75) is 109 Å². The van der Waals surface area contributed by atoms with Gasteiger partial charge in [0.1, 0.15) is 0 Å². The van der Waals surface area contributed by atoms with Crippen LogP contribution >= 0.6 is 0 Å². The molecule has 0 aromatic heterocycles. The minimum absolute atomic E-state index is 0.351. The van der Waals surface area contributed by atoms with E-state index in [4.69, 9.17) is 0 Å². The summed E-state index contributed by atoms with van der Waals surface area (Å²) in [6.45, 7) is 29.5. The van der Waals surface area contributed by atoms with Gasteiger partial charge in [-0.25, -0.2) is 0 Å².